The summed E-state index contributed by atoms with van der Waals surface area (Å²) in [4.78, 5) is 2.83. The first-order chi connectivity index (χ1) is 5.81. The highest BCUT2D eigenvalue weighted by Crippen LogP contribution is 2.15. The number of aromatic amines is 1. The van der Waals surface area contributed by atoms with Crippen LogP contribution in [0.3, 0.4) is 0 Å². The van der Waals surface area contributed by atoms with Gasteiger partial charge in [-0.15, -0.1) is 0 Å². The molecule has 2 aromatic rings. The van der Waals surface area contributed by atoms with E-state index in [-0.39, 0.29) is 0 Å². The quantitative estimate of drug-likeness (QED) is 0.501. The fourth-order valence-electron chi connectivity index (χ4n) is 1.15. The molecule has 0 saturated carbocycles. The zero-order chi connectivity index (χ0) is 8.55. The van der Waals surface area contributed by atoms with Gasteiger partial charge in [0.05, 0.1) is 7.11 Å². The molecule has 0 saturated heterocycles. The number of imidazole rings is 1. The van der Waals surface area contributed by atoms with E-state index in [1.54, 1.807) is 25.3 Å². The molecule has 12 heavy (non-hydrogen) atoms. The lowest BCUT2D eigenvalue weighted by Crippen LogP contribution is -2.22. The molecule has 0 unspecified atom stereocenters. The Hall–Kier alpha value is -1.71. The maximum absolute atomic E-state index is 11.0. The number of nitrogens with zero attached hydrogens (tertiary/aromatic N) is 1. The summed E-state index contributed by atoms with van der Waals surface area (Å²) in [6, 6.07) is 5.26. The highest BCUT2D eigenvalue weighted by Gasteiger charge is 2.04. The van der Waals surface area contributed by atoms with Crippen LogP contribution in [0.4, 0.5) is 0 Å². The Morgan fingerprint density at radius 1 is 1.50 bits per heavy atom. The minimum Gasteiger partial charge on any atom is -0.710 e. The second-order valence-electron chi connectivity index (χ2n) is 2.48. The summed E-state index contributed by atoms with van der Waals surface area (Å²) in [7, 11) is 1.59. The SMILES string of the molecule is COc1ccc2c(c1)[nH]c[n+]2[O-]. The molecule has 62 valence electrons. The van der Waals surface area contributed by atoms with E-state index in [2.05, 4.69) is 4.98 Å². The van der Waals surface area contributed by atoms with E-state index in [0.717, 1.165) is 16.0 Å². The number of benzene rings is 1. The van der Waals surface area contributed by atoms with Gasteiger partial charge in [0.15, 0.2) is 11.0 Å². The molecule has 1 heterocycles. The second-order valence-corrected chi connectivity index (χ2v) is 2.48. The predicted octanol–water partition coefficient (Wildman–Crippen LogP) is 0.810. The van der Waals surface area contributed by atoms with E-state index >= 15 is 0 Å². The summed E-state index contributed by atoms with van der Waals surface area (Å²) < 4.78 is 5.79. The number of H-pyrrole nitrogens is 1. The van der Waals surface area contributed by atoms with Crippen LogP contribution in [0, 0.1) is 5.21 Å². The van der Waals surface area contributed by atoms with Gasteiger partial charge in [0.2, 0.25) is 6.33 Å². The van der Waals surface area contributed by atoms with E-state index in [9.17, 15) is 5.21 Å². The van der Waals surface area contributed by atoms with Crippen molar-refractivity contribution in [2.75, 3.05) is 7.11 Å². The zero-order valence-corrected chi connectivity index (χ0v) is 6.57. The molecule has 0 atom stereocenters. The maximum Gasteiger partial charge on any atom is 0.245 e. The number of hydrogen-bond donors (Lipinski definition) is 1. The molecule has 2 rings (SSSR count). The van der Waals surface area contributed by atoms with Crippen LogP contribution in [-0.4, -0.2) is 12.1 Å². The molecule has 0 spiro atoms. The summed E-state index contributed by atoms with van der Waals surface area (Å²) in [6.07, 6.45) is 1.37. The van der Waals surface area contributed by atoms with Crippen LogP contribution >= 0.6 is 0 Å². The molecule has 0 aliphatic heterocycles. The Morgan fingerprint density at radius 2 is 2.33 bits per heavy atom. The van der Waals surface area contributed by atoms with Crippen LogP contribution < -0.4 is 9.47 Å². The average molecular weight is 164 g/mol. The Balaban J connectivity index is 2.69. The fourth-order valence-corrected chi connectivity index (χ4v) is 1.15. The van der Waals surface area contributed by atoms with Crippen molar-refractivity contribution in [3.05, 3.63) is 29.7 Å². The molecular weight excluding hydrogens is 156 g/mol. The first-order valence-electron chi connectivity index (χ1n) is 3.55. The third-order valence-corrected chi connectivity index (χ3v) is 1.78. The summed E-state index contributed by atoms with van der Waals surface area (Å²) >= 11 is 0. The third-order valence-electron chi connectivity index (χ3n) is 1.78. The molecular formula is C8H8N2O2. The van der Waals surface area contributed by atoms with Gasteiger partial charge in [-0.25, -0.2) is 9.71 Å². The molecule has 1 aromatic heterocycles. The second kappa shape index (κ2) is 2.41. The topological polar surface area (TPSA) is 52.0 Å². The van der Waals surface area contributed by atoms with E-state index in [1.807, 2.05) is 0 Å². The number of rotatable bonds is 1. The van der Waals surface area contributed by atoms with Crippen LogP contribution in [0.15, 0.2) is 24.5 Å². The van der Waals surface area contributed by atoms with Crippen molar-refractivity contribution in [1.29, 1.82) is 0 Å². The summed E-state index contributed by atoms with van der Waals surface area (Å²) in [5, 5.41) is 11.0. The van der Waals surface area contributed by atoms with E-state index in [4.69, 9.17) is 4.74 Å². The van der Waals surface area contributed by atoms with E-state index < -0.39 is 0 Å². The molecule has 0 amide bonds. The monoisotopic (exact) mass is 164 g/mol. The van der Waals surface area contributed by atoms with Crippen LogP contribution in [-0.2, 0) is 0 Å². The van der Waals surface area contributed by atoms with Crippen LogP contribution in [0.1, 0.15) is 0 Å². The number of methoxy groups -OCH3 is 1. The Morgan fingerprint density at radius 3 is 3.08 bits per heavy atom. The van der Waals surface area contributed by atoms with Crippen LogP contribution in [0.25, 0.3) is 11.0 Å². The number of ether oxygens (including phenoxy) is 1. The van der Waals surface area contributed by atoms with Gasteiger partial charge in [-0.05, 0) is 12.1 Å². The molecule has 4 heteroatoms. The van der Waals surface area contributed by atoms with Gasteiger partial charge in [0.25, 0.3) is 0 Å². The van der Waals surface area contributed by atoms with Crippen LogP contribution in [0.5, 0.6) is 5.75 Å². The molecule has 0 bridgehead atoms. The minimum absolute atomic E-state index is 0.621. The highest BCUT2D eigenvalue weighted by atomic mass is 16.5. The number of nitrogens with one attached hydrogen (secondary N) is 1. The standard InChI is InChI=1S/C8H8N2O2/c1-12-6-2-3-8-7(4-6)9-5-10(8)11/h2-5,9H,1H3. The number of hydrogen-bond acceptors (Lipinski definition) is 2. The maximum atomic E-state index is 11.0. The van der Waals surface area contributed by atoms with Crippen molar-refractivity contribution in [2.24, 2.45) is 0 Å². The van der Waals surface area contributed by atoms with Crippen molar-refractivity contribution in [3.63, 3.8) is 0 Å². The fraction of sp³-hybridized carbons (Fsp3) is 0.125. The van der Waals surface area contributed by atoms with Gasteiger partial charge in [0, 0.05) is 6.07 Å². The first kappa shape index (κ1) is 6.97. The molecule has 0 radical (unpaired) electrons. The summed E-state index contributed by atoms with van der Waals surface area (Å²) in [5.41, 5.74) is 1.40. The Labute approximate surface area is 69.0 Å². The Bertz CT molecular complexity index is 408. The van der Waals surface area contributed by atoms with Crippen molar-refractivity contribution >= 4 is 11.0 Å². The van der Waals surface area contributed by atoms with Crippen molar-refractivity contribution in [3.8, 4) is 5.75 Å². The van der Waals surface area contributed by atoms with Gasteiger partial charge in [-0.2, -0.15) is 0 Å². The van der Waals surface area contributed by atoms with Crippen LogP contribution in [0.2, 0.25) is 0 Å². The highest BCUT2D eigenvalue weighted by molar-refractivity contribution is 5.72. The van der Waals surface area contributed by atoms with E-state index in [0.29, 0.717) is 5.52 Å². The van der Waals surface area contributed by atoms with Gasteiger partial charge < -0.3 is 9.94 Å². The predicted molar refractivity (Wildman–Crippen MR) is 43.8 cm³/mol. The van der Waals surface area contributed by atoms with Gasteiger partial charge in [-0.3, -0.25) is 0 Å². The lowest BCUT2D eigenvalue weighted by atomic mass is 10.3. The minimum atomic E-state index is 0.621. The van der Waals surface area contributed by atoms with Gasteiger partial charge in [0.1, 0.15) is 5.75 Å². The molecule has 0 aliphatic carbocycles. The largest absolute Gasteiger partial charge is 0.710 e. The summed E-state index contributed by atoms with van der Waals surface area (Å²) in [6.45, 7) is 0. The molecule has 0 fully saturated rings. The smallest absolute Gasteiger partial charge is 0.245 e. The lowest BCUT2D eigenvalue weighted by Gasteiger charge is -1.98. The van der Waals surface area contributed by atoms with Gasteiger partial charge in [-0.1, -0.05) is 0 Å². The number of fused-ring (bicyclic) bond motifs is 1. The van der Waals surface area contributed by atoms with E-state index in [1.165, 1.54) is 6.33 Å². The van der Waals surface area contributed by atoms with Crippen molar-refractivity contribution < 1.29 is 9.47 Å². The average Bonchev–Trinajstić information content (AvgIpc) is 2.47. The lowest BCUT2D eigenvalue weighted by molar-refractivity contribution is -0.576. The number of aromatic nitrogens is 2. The molecule has 1 N–H and O–H groups in total. The molecule has 0 aliphatic rings. The first-order valence-corrected chi connectivity index (χ1v) is 3.55. The Kier molecular flexibility index (Phi) is 1.40. The molecule has 1 aromatic carbocycles. The normalized spacial score (nSPS) is 10.4. The summed E-state index contributed by atoms with van der Waals surface area (Å²) in [5.74, 6) is 0.741. The van der Waals surface area contributed by atoms with Crippen molar-refractivity contribution in [1.82, 2.24) is 4.98 Å². The van der Waals surface area contributed by atoms with Gasteiger partial charge >= 0.3 is 0 Å². The third kappa shape index (κ3) is 0.887. The van der Waals surface area contributed by atoms with Crippen molar-refractivity contribution in [2.45, 2.75) is 0 Å². The molecule has 4 nitrogen and oxygen atoms in total. The zero-order valence-electron chi connectivity index (χ0n) is 6.57.